The number of nitrogens with one attached hydrogen (secondary N) is 1. The molecule has 1 saturated heterocycles. The Kier molecular flexibility index (Phi) is 2.99. The second-order valence-corrected chi connectivity index (χ2v) is 3.37. The summed E-state index contributed by atoms with van der Waals surface area (Å²) >= 11 is 0. The highest BCUT2D eigenvalue weighted by Crippen LogP contribution is 2.38. The van der Waals surface area contributed by atoms with Gasteiger partial charge in [0.25, 0.3) is 0 Å². The van der Waals surface area contributed by atoms with Gasteiger partial charge in [-0.25, -0.2) is 0 Å². The van der Waals surface area contributed by atoms with Crippen LogP contribution in [-0.4, -0.2) is 25.4 Å². The Balaban J connectivity index is 2.61. The Bertz CT molecular complexity index is 175. The van der Waals surface area contributed by atoms with Crippen LogP contribution in [0.2, 0.25) is 0 Å². The first kappa shape index (κ1) is 11.6. The van der Waals surface area contributed by atoms with E-state index in [1.54, 1.807) is 0 Å². The van der Waals surface area contributed by atoms with Gasteiger partial charge < -0.3 is 5.32 Å². The maximum absolute atomic E-state index is 12.1. The number of alkyl halides is 6. The van der Waals surface area contributed by atoms with Crippen molar-refractivity contribution in [2.24, 2.45) is 11.8 Å². The van der Waals surface area contributed by atoms with Crippen molar-refractivity contribution in [2.75, 3.05) is 13.1 Å². The second kappa shape index (κ2) is 3.60. The molecule has 1 nitrogen and oxygen atoms in total. The molecule has 0 unspecified atom stereocenters. The third-order valence-electron chi connectivity index (χ3n) is 2.28. The molecule has 1 aliphatic heterocycles. The SMILES string of the molecule is FC(F)(F)[C@H]1CNC[C@H](C(F)(F)F)C1. The van der Waals surface area contributed by atoms with Crippen molar-refractivity contribution in [1.82, 2.24) is 5.32 Å². The zero-order chi connectivity index (χ0) is 11.0. The van der Waals surface area contributed by atoms with Gasteiger partial charge in [-0.05, 0) is 6.42 Å². The molecule has 0 bridgehead atoms. The fraction of sp³-hybridized carbons (Fsp3) is 1.00. The smallest absolute Gasteiger partial charge is 0.316 e. The maximum Gasteiger partial charge on any atom is 0.393 e. The monoisotopic (exact) mass is 221 g/mol. The van der Waals surface area contributed by atoms with Crippen LogP contribution in [0.4, 0.5) is 26.3 Å². The zero-order valence-corrected chi connectivity index (χ0v) is 7.04. The molecule has 1 rings (SSSR count). The molecule has 14 heavy (non-hydrogen) atoms. The molecule has 84 valence electrons. The molecule has 0 aromatic rings. The van der Waals surface area contributed by atoms with Gasteiger partial charge in [0.15, 0.2) is 0 Å². The zero-order valence-electron chi connectivity index (χ0n) is 7.04. The van der Waals surface area contributed by atoms with Gasteiger partial charge in [0.2, 0.25) is 0 Å². The molecule has 0 amide bonds. The Labute approximate surface area is 76.5 Å². The number of halogens is 6. The summed E-state index contributed by atoms with van der Waals surface area (Å²) in [5.41, 5.74) is 0. The largest absolute Gasteiger partial charge is 0.393 e. The van der Waals surface area contributed by atoms with Crippen molar-refractivity contribution < 1.29 is 26.3 Å². The van der Waals surface area contributed by atoms with Gasteiger partial charge in [-0.2, -0.15) is 26.3 Å². The first-order valence-corrected chi connectivity index (χ1v) is 4.05. The number of hydrogen-bond donors (Lipinski definition) is 1. The Morgan fingerprint density at radius 1 is 0.786 bits per heavy atom. The molecule has 1 heterocycles. The molecule has 1 fully saturated rings. The van der Waals surface area contributed by atoms with Crippen LogP contribution in [0.5, 0.6) is 0 Å². The first-order chi connectivity index (χ1) is 6.21. The average molecular weight is 221 g/mol. The predicted molar refractivity (Wildman–Crippen MR) is 36.6 cm³/mol. The Hall–Kier alpha value is -0.460. The van der Waals surface area contributed by atoms with E-state index < -0.39 is 43.7 Å². The Morgan fingerprint density at radius 2 is 1.14 bits per heavy atom. The lowest BCUT2D eigenvalue weighted by Crippen LogP contribution is -2.47. The van der Waals surface area contributed by atoms with E-state index in [-0.39, 0.29) is 0 Å². The van der Waals surface area contributed by atoms with E-state index in [4.69, 9.17) is 0 Å². The van der Waals surface area contributed by atoms with Gasteiger partial charge in [0, 0.05) is 13.1 Å². The van der Waals surface area contributed by atoms with Crippen molar-refractivity contribution in [1.29, 1.82) is 0 Å². The van der Waals surface area contributed by atoms with Gasteiger partial charge in [-0.15, -0.1) is 0 Å². The summed E-state index contributed by atoms with van der Waals surface area (Å²) < 4.78 is 72.6. The maximum atomic E-state index is 12.1. The summed E-state index contributed by atoms with van der Waals surface area (Å²) in [5.74, 6) is -3.77. The molecule has 0 aliphatic carbocycles. The summed E-state index contributed by atoms with van der Waals surface area (Å²) in [6.07, 6.45) is -9.95. The molecule has 7 heteroatoms. The highest BCUT2D eigenvalue weighted by atomic mass is 19.4. The van der Waals surface area contributed by atoms with E-state index >= 15 is 0 Å². The molecular weight excluding hydrogens is 212 g/mol. The fourth-order valence-corrected chi connectivity index (χ4v) is 1.44. The minimum atomic E-state index is -4.54. The second-order valence-electron chi connectivity index (χ2n) is 3.37. The van der Waals surface area contributed by atoms with Crippen molar-refractivity contribution in [3.05, 3.63) is 0 Å². The van der Waals surface area contributed by atoms with Crippen molar-refractivity contribution >= 4 is 0 Å². The summed E-state index contributed by atoms with van der Waals surface area (Å²) in [6, 6.07) is 0. The summed E-state index contributed by atoms with van der Waals surface area (Å²) in [5, 5.41) is 2.16. The van der Waals surface area contributed by atoms with E-state index in [1.165, 1.54) is 0 Å². The molecule has 0 spiro atoms. The van der Waals surface area contributed by atoms with Crippen LogP contribution in [-0.2, 0) is 0 Å². The van der Waals surface area contributed by atoms with Gasteiger partial charge in [-0.1, -0.05) is 0 Å². The van der Waals surface area contributed by atoms with E-state index in [2.05, 4.69) is 5.32 Å². The van der Waals surface area contributed by atoms with E-state index in [1.807, 2.05) is 0 Å². The molecule has 1 aliphatic rings. The van der Waals surface area contributed by atoms with Crippen molar-refractivity contribution in [3.8, 4) is 0 Å². The third kappa shape index (κ3) is 2.76. The summed E-state index contributed by atoms with van der Waals surface area (Å²) in [4.78, 5) is 0. The highest BCUT2D eigenvalue weighted by molar-refractivity contribution is 4.83. The van der Waals surface area contributed by atoms with Crippen LogP contribution in [0.25, 0.3) is 0 Å². The van der Waals surface area contributed by atoms with E-state index in [0.717, 1.165) is 0 Å². The molecule has 0 saturated carbocycles. The number of hydrogen-bond acceptors (Lipinski definition) is 1. The van der Waals surface area contributed by atoms with Crippen molar-refractivity contribution in [2.45, 2.75) is 18.8 Å². The fourth-order valence-electron chi connectivity index (χ4n) is 1.44. The lowest BCUT2D eigenvalue weighted by atomic mass is 9.90. The quantitative estimate of drug-likeness (QED) is 0.619. The average Bonchev–Trinajstić information content (AvgIpc) is 2.01. The predicted octanol–water partition coefficient (Wildman–Crippen LogP) is 2.34. The van der Waals surface area contributed by atoms with Crippen LogP contribution in [0.3, 0.4) is 0 Å². The standard InChI is InChI=1S/C7H9F6N/c8-6(9,10)4-1-5(3-14-2-4)7(11,12)13/h4-5,14H,1-3H2/t4-,5-/m1/s1. The molecule has 0 radical (unpaired) electrons. The lowest BCUT2D eigenvalue weighted by molar-refractivity contribution is -0.217. The Morgan fingerprint density at radius 3 is 1.43 bits per heavy atom. The van der Waals surface area contributed by atoms with Crippen LogP contribution in [0, 0.1) is 11.8 Å². The minimum Gasteiger partial charge on any atom is -0.316 e. The van der Waals surface area contributed by atoms with Crippen molar-refractivity contribution in [3.63, 3.8) is 0 Å². The minimum absolute atomic E-state index is 0.421. The van der Waals surface area contributed by atoms with Crippen LogP contribution in [0.15, 0.2) is 0 Å². The molecular formula is C7H9F6N. The lowest BCUT2D eigenvalue weighted by Gasteiger charge is -2.32. The van der Waals surface area contributed by atoms with Crippen LogP contribution >= 0.6 is 0 Å². The highest BCUT2D eigenvalue weighted by Gasteiger charge is 2.49. The first-order valence-electron chi connectivity index (χ1n) is 4.05. The molecule has 0 aromatic heterocycles. The third-order valence-corrected chi connectivity index (χ3v) is 2.28. The van der Waals surface area contributed by atoms with Crippen LogP contribution in [0.1, 0.15) is 6.42 Å². The van der Waals surface area contributed by atoms with Gasteiger partial charge in [-0.3, -0.25) is 0 Å². The number of rotatable bonds is 0. The number of piperidine rings is 1. The summed E-state index contributed by atoms with van der Waals surface area (Å²) in [6.45, 7) is -0.841. The molecule has 2 atom stereocenters. The van der Waals surface area contributed by atoms with E-state index in [9.17, 15) is 26.3 Å². The van der Waals surface area contributed by atoms with Gasteiger partial charge >= 0.3 is 12.4 Å². The normalized spacial score (nSPS) is 30.4. The van der Waals surface area contributed by atoms with Gasteiger partial charge in [0.1, 0.15) is 0 Å². The topological polar surface area (TPSA) is 12.0 Å². The van der Waals surface area contributed by atoms with E-state index in [0.29, 0.717) is 0 Å². The van der Waals surface area contributed by atoms with Crippen LogP contribution < -0.4 is 5.32 Å². The van der Waals surface area contributed by atoms with Gasteiger partial charge in [0.05, 0.1) is 11.8 Å². The molecule has 1 N–H and O–H groups in total. The molecule has 0 aromatic carbocycles. The summed E-state index contributed by atoms with van der Waals surface area (Å²) in [7, 11) is 0.